The highest BCUT2D eigenvalue weighted by atomic mass is 16.2. The van der Waals surface area contributed by atoms with Gasteiger partial charge in [-0.2, -0.15) is 0 Å². The van der Waals surface area contributed by atoms with E-state index in [0.717, 1.165) is 32.0 Å². The van der Waals surface area contributed by atoms with Gasteiger partial charge in [0.2, 0.25) is 5.91 Å². The number of carbonyl (C=O) groups is 1. The minimum absolute atomic E-state index is 0.272. The van der Waals surface area contributed by atoms with Crippen molar-refractivity contribution in [3.8, 4) is 0 Å². The molecule has 1 amide bonds. The third-order valence-electron chi connectivity index (χ3n) is 4.37. The minimum atomic E-state index is 0.272. The average Bonchev–Trinajstić information content (AvgIpc) is 3.01. The van der Waals surface area contributed by atoms with E-state index in [1.165, 1.54) is 30.4 Å². The van der Waals surface area contributed by atoms with Gasteiger partial charge in [0.15, 0.2) is 5.96 Å². The summed E-state index contributed by atoms with van der Waals surface area (Å²) in [5.41, 5.74) is 2.36. The zero-order valence-electron chi connectivity index (χ0n) is 15.7. The van der Waals surface area contributed by atoms with Crippen LogP contribution in [0.4, 0.5) is 0 Å². The van der Waals surface area contributed by atoms with Gasteiger partial charge in [0, 0.05) is 32.6 Å². The van der Waals surface area contributed by atoms with E-state index in [2.05, 4.69) is 53.7 Å². The number of unbranched alkanes of at least 4 members (excludes halogenated alkanes) is 2. The van der Waals surface area contributed by atoms with Crippen LogP contribution in [0.25, 0.3) is 0 Å². The molecule has 1 fully saturated rings. The zero-order valence-corrected chi connectivity index (χ0v) is 15.7. The lowest BCUT2D eigenvalue weighted by Crippen LogP contribution is -2.37. The number of carbonyl (C=O) groups excluding carboxylic acids is 1. The number of aliphatic imine (C=N–C) groups is 1. The van der Waals surface area contributed by atoms with Gasteiger partial charge in [-0.25, -0.2) is 4.99 Å². The molecule has 2 N–H and O–H groups in total. The highest BCUT2D eigenvalue weighted by Crippen LogP contribution is 2.15. The Kier molecular flexibility index (Phi) is 8.29. The maximum atomic E-state index is 11.8. The molecule has 0 aromatic heterocycles. The van der Waals surface area contributed by atoms with Crippen LogP contribution in [-0.2, 0) is 17.9 Å². The fourth-order valence-electron chi connectivity index (χ4n) is 3.01. The highest BCUT2D eigenvalue weighted by Gasteiger charge is 2.19. The van der Waals surface area contributed by atoms with E-state index in [4.69, 9.17) is 0 Å². The molecule has 1 aromatic rings. The van der Waals surface area contributed by atoms with Gasteiger partial charge < -0.3 is 15.5 Å². The molecule has 0 unspecified atom stereocenters. The summed E-state index contributed by atoms with van der Waals surface area (Å²) in [6, 6.07) is 8.41. The zero-order chi connectivity index (χ0) is 17.9. The second kappa shape index (κ2) is 10.7. The van der Waals surface area contributed by atoms with Gasteiger partial charge in [-0.05, 0) is 30.9 Å². The first-order valence-electron chi connectivity index (χ1n) is 9.60. The fraction of sp³-hybridized carbons (Fsp3) is 0.600. The summed E-state index contributed by atoms with van der Waals surface area (Å²) in [6.45, 7) is 8.34. The summed E-state index contributed by atoms with van der Waals surface area (Å²) in [7, 11) is 0. The normalized spacial score (nSPS) is 14.9. The van der Waals surface area contributed by atoms with Gasteiger partial charge >= 0.3 is 0 Å². The molecule has 5 nitrogen and oxygen atoms in total. The van der Waals surface area contributed by atoms with Crippen molar-refractivity contribution in [2.75, 3.05) is 19.6 Å². The average molecular weight is 345 g/mol. The Morgan fingerprint density at radius 2 is 2.04 bits per heavy atom. The van der Waals surface area contributed by atoms with Crippen LogP contribution >= 0.6 is 0 Å². The molecular formula is C20H32N4O. The molecule has 2 rings (SSSR count). The molecule has 1 aliphatic heterocycles. The Balaban J connectivity index is 1.90. The molecule has 0 spiro atoms. The van der Waals surface area contributed by atoms with Crippen molar-refractivity contribution < 1.29 is 4.79 Å². The highest BCUT2D eigenvalue weighted by molar-refractivity contribution is 5.79. The summed E-state index contributed by atoms with van der Waals surface area (Å²) in [6.07, 6.45) is 5.31. The van der Waals surface area contributed by atoms with E-state index in [1.807, 2.05) is 4.90 Å². The Bertz CT molecular complexity index is 571. The maximum absolute atomic E-state index is 11.8. The second-order valence-electron chi connectivity index (χ2n) is 6.57. The van der Waals surface area contributed by atoms with Crippen LogP contribution in [0, 0.1) is 0 Å². The van der Waals surface area contributed by atoms with Crippen LogP contribution < -0.4 is 10.6 Å². The monoisotopic (exact) mass is 344 g/mol. The lowest BCUT2D eigenvalue weighted by atomic mass is 10.1. The van der Waals surface area contributed by atoms with E-state index < -0.39 is 0 Å². The van der Waals surface area contributed by atoms with Gasteiger partial charge in [0.05, 0.1) is 6.54 Å². The summed E-state index contributed by atoms with van der Waals surface area (Å²) in [5.74, 6) is 1.15. The largest absolute Gasteiger partial charge is 0.357 e. The first-order chi connectivity index (χ1) is 12.2. The number of rotatable bonds is 9. The number of likely N-dealkylation sites (tertiary alicyclic amines) is 1. The molecule has 5 heteroatoms. The molecule has 0 bridgehead atoms. The van der Waals surface area contributed by atoms with Crippen molar-refractivity contribution in [2.24, 2.45) is 4.99 Å². The van der Waals surface area contributed by atoms with Gasteiger partial charge in [0.1, 0.15) is 0 Å². The van der Waals surface area contributed by atoms with Crippen molar-refractivity contribution >= 4 is 11.9 Å². The standard InChI is InChI=1S/C20H32N4O/c1-3-5-6-12-22-20(21-4-2)23-15-17-9-7-10-18(14-17)16-24-13-8-11-19(24)25/h7,9-10,14H,3-6,8,11-13,15-16H2,1-2H3,(H2,21,22,23). The Labute approximate surface area is 151 Å². The maximum Gasteiger partial charge on any atom is 0.222 e. The third-order valence-corrected chi connectivity index (χ3v) is 4.37. The number of nitrogens with zero attached hydrogens (tertiary/aromatic N) is 2. The van der Waals surface area contributed by atoms with Crippen molar-refractivity contribution in [1.82, 2.24) is 15.5 Å². The Hall–Kier alpha value is -2.04. The molecule has 0 radical (unpaired) electrons. The molecule has 1 aromatic carbocycles. The summed E-state index contributed by atoms with van der Waals surface area (Å²) >= 11 is 0. The summed E-state index contributed by atoms with van der Waals surface area (Å²) in [4.78, 5) is 18.4. The van der Waals surface area contributed by atoms with Crippen molar-refractivity contribution in [2.45, 2.75) is 59.0 Å². The van der Waals surface area contributed by atoms with Gasteiger partial charge in [-0.15, -0.1) is 0 Å². The van der Waals surface area contributed by atoms with E-state index in [9.17, 15) is 4.79 Å². The topological polar surface area (TPSA) is 56.7 Å². The molecule has 0 aliphatic carbocycles. The number of amides is 1. The predicted molar refractivity (Wildman–Crippen MR) is 103 cm³/mol. The van der Waals surface area contributed by atoms with Gasteiger partial charge in [-0.3, -0.25) is 4.79 Å². The number of benzene rings is 1. The van der Waals surface area contributed by atoms with E-state index in [1.54, 1.807) is 0 Å². The first kappa shape index (κ1) is 19.3. The van der Waals surface area contributed by atoms with Crippen molar-refractivity contribution in [1.29, 1.82) is 0 Å². The fourth-order valence-corrected chi connectivity index (χ4v) is 3.01. The van der Waals surface area contributed by atoms with Crippen LogP contribution in [0.1, 0.15) is 57.1 Å². The molecule has 1 heterocycles. The first-order valence-corrected chi connectivity index (χ1v) is 9.60. The summed E-state index contributed by atoms with van der Waals surface area (Å²) < 4.78 is 0. The molecule has 1 saturated heterocycles. The number of hydrogen-bond acceptors (Lipinski definition) is 2. The smallest absolute Gasteiger partial charge is 0.222 e. The van der Waals surface area contributed by atoms with Gasteiger partial charge in [0.25, 0.3) is 0 Å². The number of nitrogens with one attached hydrogen (secondary N) is 2. The predicted octanol–water partition coefficient (Wildman–Crippen LogP) is 3.05. The lowest BCUT2D eigenvalue weighted by Gasteiger charge is -2.16. The Morgan fingerprint density at radius 1 is 1.20 bits per heavy atom. The Morgan fingerprint density at radius 3 is 2.76 bits per heavy atom. The van der Waals surface area contributed by atoms with Crippen LogP contribution in [0.5, 0.6) is 0 Å². The molecule has 138 valence electrons. The van der Waals surface area contributed by atoms with Crippen molar-refractivity contribution in [3.63, 3.8) is 0 Å². The van der Waals surface area contributed by atoms with E-state index >= 15 is 0 Å². The van der Waals surface area contributed by atoms with Crippen LogP contribution in [0.15, 0.2) is 29.3 Å². The summed E-state index contributed by atoms with van der Waals surface area (Å²) in [5, 5.41) is 6.69. The third kappa shape index (κ3) is 6.77. The molecular weight excluding hydrogens is 312 g/mol. The van der Waals surface area contributed by atoms with E-state index in [0.29, 0.717) is 19.5 Å². The van der Waals surface area contributed by atoms with Gasteiger partial charge in [-0.1, -0.05) is 44.0 Å². The SMILES string of the molecule is CCCCCNC(=NCc1cccc(CN2CCCC2=O)c1)NCC. The van der Waals surface area contributed by atoms with Crippen LogP contribution in [0.2, 0.25) is 0 Å². The number of guanidine groups is 1. The quantitative estimate of drug-likeness (QED) is 0.411. The number of hydrogen-bond donors (Lipinski definition) is 2. The molecule has 0 atom stereocenters. The molecule has 1 aliphatic rings. The minimum Gasteiger partial charge on any atom is -0.357 e. The molecule has 25 heavy (non-hydrogen) atoms. The molecule has 0 saturated carbocycles. The van der Waals surface area contributed by atoms with E-state index in [-0.39, 0.29) is 5.91 Å². The van der Waals surface area contributed by atoms with Crippen molar-refractivity contribution in [3.05, 3.63) is 35.4 Å². The second-order valence-corrected chi connectivity index (χ2v) is 6.57. The van der Waals surface area contributed by atoms with Crippen LogP contribution in [-0.4, -0.2) is 36.4 Å². The van der Waals surface area contributed by atoms with Crippen LogP contribution in [0.3, 0.4) is 0 Å². The lowest BCUT2D eigenvalue weighted by molar-refractivity contribution is -0.128.